The van der Waals surface area contributed by atoms with Crippen molar-refractivity contribution < 1.29 is 19.1 Å². The second-order valence-electron chi connectivity index (χ2n) is 10.0. The van der Waals surface area contributed by atoms with Gasteiger partial charge in [-0.2, -0.15) is 0 Å². The molecule has 3 aromatic rings. The highest BCUT2D eigenvalue weighted by atomic mass is 16.5. The minimum Gasteiger partial charge on any atom is -0.466 e. The maximum Gasteiger partial charge on any atom is 0.407 e. The van der Waals surface area contributed by atoms with Crippen molar-refractivity contribution >= 4 is 23.2 Å². The summed E-state index contributed by atoms with van der Waals surface area (Å²) in [5.41, 5.74) is 0.804. The number of unbranched alkanes of at least 4 members (excludes halogenated alkanes) is 1. The molecule has 2 aromatic heterocycles. The van der Waals surface area contributed by atoms with Crippen molar-refractivity contribution in [1.82, 2.24) is 24.4 Å². The topological polar surface area (TPSA) is 137 Å². The largest absolute Gasteiger partial charge is 0.466 e. The fourth-order valence-corrected chi connectivity index (χ4v) is 5.07. The van der Waals surface area contributed by atoms with Gasteiger partial charge in [0, 0.05) is 32.5 Å². The van der Waals surface area contributed by atoms with Gasteiger partial charge in [-0.1, -0.05) is 30.3 Å². The molecule has 2 N–H and O–H groups in total. The Kier molecular flexibility index (Phi) is 9.56. The van der Waals surface area contributed by atoms with Crippen LogP contribution in [0.2, 0.25) is 0 Å². The summed E-state index contributed by atoms with van der Waals surface area (Å²) >= 11 is 0. The number of amides is 1. The standard InChI is InChI=1S/C28H37N5O6/c1-3-38-22(34)11-7-8-16-33-26(35)23-25(32(2)28(33)37)31-24(30-23)21-14-12-19(13-15-21)17-29-27(36)39-18-20-9-5-4-6-10-20/h4-6,9-10,19,21H,3,7-8,11-18H2,1-2H3,(H,29,36)(H,30,31). The molecule has 210 valence electrons. The SMILES string of the molecule is CCOC(=O)CCCCn1c(=O)c2[nH]c(C3CCC(CNC(=O)OCc4ccccc4)CC3)nc2n(C)c1=O. The number of nitrogens with one attached hydrogen (secondary N) is 2. The molecule has 11 nitrogen and oxygen atoms in total. The first-order valence-corrected chi connectivity index (χ1v) is 13.7. The molecule has 2 heterocycles. The smallest absolute Gasteiger partial charge is 0.407 e. The van der Waals surface area contributed by atoms with E-state index in [4.69, 9.17) is 9.47 Å². The molecule has 1 aliphatic carbocycles. The first kappa shape index (κ1) is 28.1. The number of hydrogen-bond acceptors (Lipinski definition) is 7. The number of aromatic nitrogens is 4. The summed E-state index contributed by atoms with van der Waals surface area (Å²) in [6, 6.07) is 9.55. The van der Waals surface area contributed by atoms with Crippen LogP contribution in [0.25, 0.3) is 11.2 Å². The Morgan fingerprint density at radius 1 is 1.08 bits per heavy atom. The van der Waals surface area contributed by atoms with Crippen LogP contribution in [0.15, 0.2) is 39.9 Å². The van der Waals surface area contributed by atoms with E-state index in [1.165, 1.54) is 9.13 Å². The lowest BCUT2D eigenvalue weighted by molar-refractivity contribution is -0.143. The molecular weight excluding hydrogens is 502 g/mol. The van der Waals surface area contributed by atoms with Crippen LogP contribution in [-0.4, -0.2) is 44.3 Å². The highest BCUT2D eigenvalue weighted by molar-refractivity contribution is 5.70. The Labute approximate surface area is 226 Å². The molecule has 0 bridgehead atoms. The van der Waals surface area contributed by atoms with Gasteiger partial charge in [-0.05, 0) is 56.9 Å². The van der Waals surface area contributed by atoms with Crippen LogP contribution in [0, 0.1) is 5.92 Å². The van der Waals surface area contributed by atoms with Crippen LogP contribution in [0.1, 0.15) is 69.2 Å². The Morgan fingerprint density at radius 3 is 2.54 bits per heavy atom. The lowest BCUT2D eigenvalue weighted by atomic mass is 9.81. The number of ether oxygens (including phenoxy) is 2. The molecule has 0 unspecified atom stereocenters. The number of esters is 1. The second-order valence-corrected chi connectivity index (χ2v) is 10.0. The van der Waals surface area contributed by atoms with Crippen molar-refractivity contribution in [3.05, 3.63) is 62.6 Å². The number of imidazole rings is 1. The minimum absolute atomic E-state index is 0.145. The maximum atomic E-state index is 13.1. The van der Waals surface area contributed by atoms with Gasteiger partial charge in [0.2, 0.25) is 0 Å². The summed E-state index contributed by atoms with van der Waals surface area (Å²) in [6.07, 6.45) is 4.42. The number of aromatic amines is 1. The van der Waals surface area contributed by atoms with Crippen molar-refractivity contribution in [2.24, 2.45) is 13.0 Å². The number of H-pyrrole nitrogens is 1. The van der Waals surface area contributed by atoms with E-state index >= 15 is 0 Å². The van der Waals surface area contributed by atoms with E-state index in [0.717, 1.165) is 31.2 Å². The molecule has 0 aliphatic heterocycles. The molecule has 1 amide bonds. The molecule has 0 saturated heterocycles. The quantitative estimate of drug-likeness (QED) is 0.282. The van der Waals surface area contributed by atoms with E-state index in [-0.39, 0.29) is 31.5 Å². The average Bonchev–Trinajstić information content (AvgIpc) is 3.40. The lowest BCUT2D eigenvalue weighted by Gasteiger charge is -2.27. The third-order valence-electron chi connectivity index (χ3n) is 7.30. The third kappa shape index (κ3) is 7.15. The third-order valence-corrected chi connectivity index (χ3v) is 7.30. The zero-order chi connectivity index (χ0) is 27.8. The number of carbonyl (C=O) groups is 2. The van der Waals surface area contributed by atoms with Gasteiger partial charge in [0.1, 0.15) is 17.9 Å². The summed E-state index contributed by atoms with van der Waals surface area (Å²) in [4.78, 5) is 57.4. The van der Waals surface area contributed by atoms with Gasteiger partial charge in [-0.3, -0.25) is 18.7 Å². The molecule has 0 radical (unpaired) electrons. The molecule has 1 aromatic carbocycles. The van der Waals surface area contributed by atoms with Crippen molar-refractivity contribution in [3.63, 3.8) is 0 Å². The van der Waals surface area contributed by atoms with E-state index in [9.17, 15) is 19.2 Å². The summed E-state index contributed by atoms with van der Waals surface area (Å²) < 4.78 is 12.8. The lowest BCUT2D eigenvalue weighted by Crippen LogP contribution is -2.39. The molecular formula is C28H37N5O6. The molecule has 11 heteroatoms. The molecule has 1 saturated carbocycles. The number of nitrogens with zero attached hydrogens (tertiary/aromatic N) is 3. The summed E-state index contributed by atoms with van der Waals surface area (Å²) in [5.74, 6) is 0.919. The van der Waals surface area contributed by atoms with Gasteiger partial charge in [0.25, 0.3) is 5.56 Å². The zero-order valence-corrected chi connectivity index (χ0v) is 22.6. The molecule has 0 spiro atoms. The Hall–Kier alpha value is -3.89. The van der Waals surface area contributed by atoms with E-state index in [2.05, 4.69) is 15.3 Å². The van der Waals surface area contributed by atoms with Gasteiger partial charge in [-0.25, -0.2) is 14.6 Å². The number of alkyl carbamates (subject to hydrolysis) is 1. The Morgan fingerprint density at radius 2 is 1.82 bits per heavy atom. The molecule has 0 atom stereocenters. The fourth-order valence-electron chi connectivity index (χ4n) is 5.07. The number of benzene rings is 1. The molecule has 4 rings (SSSR count). The number of fused-ring (bicyclic) bond motifs is 1. The molecule has 1 aliphatic rings. The highest BCUT2D eigenvalue weighted by Crippen LogP contribution is 2.34. The van der Waals surface area contributed by atoms with Crippen molar-refractivity contribution in [3.8, 4) is 0 Å². The number of rotatable bonds is 11. The van der Waals surface area contributed by atoms with E-state index in [1.807, 2.05) is 30.3 Å². The fraction of sp³-hybridized carbons (Fsp3) is 0.536. The van der Waals surface area contributed by atoms with Crippen LogP contribution >= 0.6 is 0 Å². The van der Waals surface area contributed by atoms with E-state index in [1.54, 1.807) is 14.0 Å². The Balaban J connectivity index is 1.30. The summed E-state index contributed by atoms with van der Waals surface area (Å²) in [5, 5.41) is 2.87. The number of aryl methyl sites for hydroxylation is 1. The predicted molar refractivity (Wildman–Crippen MR) is 145 cm³/mol. The average molecular weight is 540 g/mol. The molecule has 39 heavy (non-hydrogen) atoms. The Bertz CT molecular complexity index is 1390. The van der Waals surface area contributed by atoms with Gasteiger partial charge < -0.3 is 19.8 Å². The maximum absolute atomic E-state index is 13.1. The first-order valence-electron chi connectivity index (χ1n) is 13.7. The highest BCUT2D eigenvalue weighted by Gasteiger charge is 2.26. The monoisotopic (exact) mass is 539 g/mol. The van der Waals surface area contributed by atoms with Crippen molar-refractivity contribution in [2.45, 2.75) is 70.9 Å². The van der Waals surface area contributed by atoms with Gasteiger partial charge in [0.15, 0.2) is 5.65 Å². The first-order chi connectivity index (χ1) is 18.9. The van der Waals surface area contributed by atoms with Crippen molar-refractivity contribution in [1.29, 1.82) is 0 Å². The van der Waals surface area contributed by atoms with Crippen LogP contribution < -0.4 is 16.6 Å². The van der Waals surface area contributed by atoms with E-state index in [0.29, 0.717) is 48.9 Å². The van der Waals surface area contributed by atoms with E-state index < -0.39 is 17.3 Å². The van der Waals surface area contributed by atoms with Gasteiger partial charge >= 0.3 is 17.8 Å². The predicted octanol–water partition coefficient (Wildman–Crippen LogP) is 3.36. The van der Waals surface area contributed by atoms with Gasteiger partial charge in [-0.15, -0.1) is 0 Å². The van der Waals surface area contributed by atoms with Crippen molar-refractivity contribution in [2.75, 3.05) is 13.2 Å². The van der Waals surface area contributed by atoms with Crippen LogP contribution in [0.4, 0.5) is 4.79 Å². The normalized spacial score (nSPS) is 17.2. The minimum atomic E-state index is -0.421. The van der Waals surface area contributed by atoms with Crippen LogP contribution in [0.3, 0.4) is 0 Å². The van der Waals surface area contributed by atoms with Gasteiger partial charge in [0.05, 0.1) is 6.61 Å². The summed E-state index contributed by atoms with van der Waals surface area (Å²) in [6.45, 7) is 3.10. The number of carbonyl (C=O) groups excluding carboxylic acids is 2. The zero-order valence-electron chi connectivity index (χ0n) is 22.6. The number of hydrogen-bond donors (Lipinski definition) is 2. The van der Waals surface area contributed by atoms with Crippen LogP contribution in [0.5, 0.6) is 0 Å². The second kappa shape index (κ2) is 13.3. The summed E-state index contributed by atoms with van der Waals surface area (Å²) in [7, 11) is 1.61. The van der Waals surface area contributed by atoms with Crippen LogP contribution in [-0.2, 0) is 34.5 Å². The molecule has 1 fully saturated rings.